The monoisotopic (exact) mass is 261 g/mol. The van der Waals surface area contributed by atoms with Gasteiger partial charge in [0.2, 0.25) is 5.91 Å². The Bertz CT molecular complexity index is 416. The minimum Gasteiger partial charge on any atom is -0.326 e. The smallest absolute Gasteiger partial charge is 0.238 e. The molecule has 3 N–H and O–H groups in total. The molecule has 1 aliphatic rings. The Morgan fingerprint density at radius 3 is 2.74 bits per heavy atom. The molecule has 0 aromatic heterocycles. The summed E-state index contributed by atoms with van der Waals surface area (Å²) in [7, 11) is 0. The maximum atomic E-state index is 12.0. The number of amides is 1. The van der Waals surface area contributed by atoms with Crippen LogP contribution in [0.5, 0.6) is 0 Å². The molecule has 2 rings (SSSR count). The van der Waals surface area contributed by atoms with Crippen LogP contribution in [-0.2, 0) is 11.3 Å². The summed E-state index contributed by atoms with van der Waals surface area (Å²) in [5, 5.41) is 2.94. The van der Waals surface area contributed by atoms with Crippen molar-refractivity contribution in [1.29, 1.82) is 0 Å². The first-order valence-corrected chi connectivity index (χ1v) is 7.02. The van der Waals surface area contributed by atoms with E-state index in [9.17, 15) is 4.79 Å². The number of piperidine rings is 1. The van der Waals surface area contributed by atoms with Crippen LogP contribution in [0.3, 0.4) is 0 Å². The number of nitrogens with zero attached hydrogens (tertiary/aromatic N) is 1. The van der Waals surface area contributed by atoms with Crippen molar-refractivity contribution < 1.29 is 4.79 Å². The normalized spacial score (nSPS) is 20.2. The molecule has 1 unspecified atom stereocenters. The lowest BCUT2D eigenvalue weighted by atomic mass is 10.0. The Kier molecular flexibility index (Phi) is 4.93. The Labute approximate surface area is 115 Å². The van der Waals surface area contributed by atoms with Gasteiger partial charge in [0.05, 0.1) is 6.54 Å². The van der Waals surface area contributed by atoms with Crippen molar-refractivity contribution >= 4 is 11.6 Å². The molecule has 0 saturated carbocycles. The highest BCUT2D eigenvalue weighted by Crippen LogP contribution is 2.16. The maximum absolute atomic E-state index is 12.0. The number of nitrogens with one attached hydrogen (secondary N) is 1. The Hall–Kier alpha value is -1.39. The number of carbonyl (C=O) groups is 1. The highest BCUT2D eigenvalue weighted by atomic mass is 16.2. The number of carbonyl (C=O) groups excluding carboxylic acids is 1. The summed E-state index contributed by atoms with van der Waals surface area (Å²) >= 11 is 0. The van der Waals surface area contributed by atoms with Gasteiger partial charge in [0.1, 0.15) is 0 Å². The second kappa shape index (κ2) is 6.68. The minimum atomic E-state index is 0.0641. The first-order valence-electron chi connectivity index (χ1n) is 7.02. The van der Waals surface area contributed by atoms with Crippen molar-refractivity contribution in [2.45, 2.75) is 38.8 Å². The summed E-state index contributed by atoms with van der Waals surface area (Å²) in [5.41, 5.74) is 7.46. The molecule has 1 saturated heterocycles. The van der Waals surface area contributed by atoms with Gasteiger partial charge >= 0.3 is 0 Å². The van der Waals surface area contributed by atoms with Crippen LogP contribution in [0.2, 0.25) is 0 Å². The van der Waals surface area contributed by atoms with E-state index >= 15 is 0 Å². The molecule has 0 radical (unpaired) electrons. The fraction of sp³-hybridized carbons (Fsp3) is 0.533. The van der Waals surface area contributed by atoms with E-state index in [1.807, 2.05) is 24.3 Å². The maximum Gasteiger partial charge on any atom is 0.238 e. The molecule has 1 amide bonds. The summed E-state index contributed by atoms with van der Waals surface area (Å²) in [5.74, 6) is 0.0641. The molecule has 1 aliphatic heterocycles. The quantitative estimate of drug-likeness (QED) is 0.871. The third-order valence-corrected chi connectivity index (χ3v) is 3.76. The van der Waals surface area contributed by atoms with E-state index in [-0.39, 0.29) is 5.91 Å². The molecular weight excluding hydrogens is 238 g/mol. The zero-order valence-corrected chi connectivity index (χ0v) is 11.6. The van der Waals surface area contributed by atoms with Gasteiger partial charge in [-0.25, -0.2) is 0 Å². The van der Waals surface area contributed by atoms with E-state index in [2.05, 4.69) is 17.1 Å². The van der Waals surface area contributed by atoms with Gasteiger partial charge in [-0.2, -0.15) is 0 Å². The molecule has 1 atom stereocenters. The van der Waals surface area contributed by atoms with E-state index in [1.165, 1.54) is 19.3 Å². The average molecular weight is 261 g/mol. The van der Waals surface area contributed by atoms with Gasteiger partial charge in [0, 0.05) is 18.3 Å². The fourth-order valence-corrected chi connectivity index (χ4v) is 2.50. The van der Waals surface area contributed by atoms with Crippen molar-refractivity contribution in [1.82, 2.24) is 4.90 Å². The van der Waals surface area contributed by atoms with Crippen LogP contribution in [0.15, 0.2) is 24.3 Å². The first-order chi connectivity index (χ1) is 9.19. The highest BCUT2D eigenvalue weighted by molar-refractivity contribution is 5.92. The standard InChI is InChI=1S/C15H23N3O/c1-12-4-2-3-9-18(12)11-15(19)17-14-7-5-13(10-16)6-8-14/h5-8,12H,2-4,9-11,16H2,1H3,(H,17,19). The minimum absolute atomic E-state index is 0.0641. The number of hydrogen-bond acceptors (Lipinski definition) is 3. The predicted octanol–water partition coefficient (Wildman–Crippen LogP) is 1.96. The molecule has 19 heavy (non-hydrogen) atoms. The Morgan fingerprint density at radius 1 is 1.37 bits per heavy atom. The molecule has 4 nitrogen and oxygen atoms in total. The summed E-state index contributed by atoms with van der Waals surface area (Å²) in [6, 6.07) is 8.21. The summed E-state index contributed by atoms with van der Waals surface area (Å²) in [4.78, 5) is 14.3. The van der Waals surface area contributed by atoms with Crippen molar-refractivity contribution in [2.75, 3.05) is 18.4 Å². The average Bonchev–Trinajstić information content (AvgIpc) is 2.42. The second-order valence-corrected chi connectivity index (χ2v) is 5.26. The van der Waals surface area contributed by atoms with Crippen LogP contribution >= 0.6 is 0 Å². The van der Waals surface area contributed by atoms with Gasteiger partial charge in [0.15, 0.2) is 0 Å². The Balaban J connectivity index is 1.86. The number of anilines is 1. The van der Waals surface area contributed by atoms with Crippen molar-refractivity contribution in [3.63, 3.8) is 0 Å². The van der Waals surface area contributed by atoms with Gasteiger partial charge < -0.3 is 11.1 Å². The molecule has 0 bridgehead atoms. The van der Waals surface area contributed by atoms with Gasteiger partial charge in [-0.15, -0.1) is 0 Å². The number of benzene rings is 1. The topological polar surface area (TPSA) is 58.4 Å². The lowest BCUT2D eigenvalue weighted by Gasteiger charge is -2.32. The van der Waals surface area contributed by atoms with Gasteiger partial charge in [-0.1, -0.05) is 18.6 Å². The van der Waals surface area contributed by atoms with E-state index in [1.54, 1.807) is 0 Å². The zero-order chi connectivity index (χ0) is 13.7. The van der Waals surface area contributed by atoms with Crippen LogP contribution in [-0.4, -0.2) is 29.9 Å². The highest BCUT2D eigenvalue weighted by Gasteiger charge is 2.20. The summed E-state index contributed by atoms with van der Waals surface area (Å²) < 4.78 is 0. The second-order valence-electron chi connectivity index (χ2n) is 5.26. The molecule has 104 valence electrons. The van der Waals surface area contributed by atoms with Crippen LogP contribution < -0.4 is 11.1 Å². The van der Waals surface area contributed by atoms with Crippen molar-refractivity contribution in [3.8, 4) is 0 Å². The predicted molar refractivity (Wildman–Crippen MR) is 77.8 cm³/mol. The molecule has 4 heteroatoms. The largest absolute Gasteiger partial charge is 0.326 e. The van der Waals surface area contributed by atoms with Gasteiger partial charge in [-0.3, -0.25) is 9.69 Å². The number of likely N-dealkylation sites (tertiary alicyclic amines) is 1. The van der Waals surface area contributed by atoms with Crippen molar-refractivity contribution in [2.24, 2.45) is 5.73 Å². The number of rotatable bonds is 4. The molecule has 1 aromatic rings. The first kappa shape index (κ1) is 14.0. The van der Waals surface area contributed by atoms with E-state index < -0.39 is 0 Å². The zero-order valence-electron chi connectivity index (χ0n) is 11.6. The summed E-state index contributed by atoms with van der Waals surface area (Å²) in [6.07, 6.45) is 3.67. The molecular formula is C15H23N3O. The number of hydrogen-bond donors (Lipinski definition) is 2. The van der Waals surface area contributed by atoms with Crippen LogP contribution in [0.1, 0.15) is 31.7 Å². The van der Waals surface area contributed by atoms with Gasteiger partial charge in [-0.05, 0) is 44.0 Å². The Morgan fingerprint density at radius 2 is 2.11 bits per heavy atom. The van der Waals surface area contributed by atoms with E-state index in [0.29, 0.717) is 19.1 Å². The molecule has 0 spiro atoms. The molecule has 0 aliphatic carbocycles. The van der Waals surface area contributed by atoms with E-state index in [0.717, 1.165) is 17.8 Å². The fourth-order valence-electron chi connectivity index (χ4n) is 2.50. The number of nitrogens with two attached hydrogens (primary N) is 1. The van der Waals surface area contributed by atoms with Crippen LogP contribution in [0.4, 0.5) is 5.69 Å². The molecule has 1 aromatic carbocycles. The SMILES string of the molecule is CC1CCCCN1CC(=O)Nc1ccc(CN)cc1. The van der Waals surface area contributed by atoms with Crippen molar-refractivity contribution in [3.05, 3.63) is 29.8 Å². The van der Waals surface area contributed by atoms with E-state index in [4.69, 9.17) is 5.73 Å². The van der Waals surface area contributed by atoms with Gasteiger partial charge in [0.25, 0.3) is 0 Å². The molecule has 1 heterocycles. The lowest BCUT2D eigenvalue weighted by Crippen LogP contribution is -2.42. The molecule has 1 fully saturated rings. The third kappa shape index (κ3) is 4.04. The third-order valence-electron chi connectivity index (χ3n) is 3.76. The van der Waals surface area contributed by atoms with Crippen LogP contribution in [0, 0.1) is 0 Å². The van der Waals surface area contributed by atoms with Crippen LogP contribution in [0.25, 0.3) is 0 Å². The summed E-state index contributed by atoms with van der Waals surface area (Å²) in [6.45, 7) is 4.24. The lowest BCUT2D eigenvalue weighted by molar-refractivity contribution is -0.118.